The summed E-state index contributed by atoms with van der Waals surface area (Å²) >= 11 is 0. The van der Waals surface area contributed by atoms with Crippen molar-refractivity contribution in [3.63, 3.8) is 0 Å². The van der Waals surface area contributed by atoms with Crippen molar-refractivity contribution in [3.05, 3.63) is 10.6 Å². The maximum atomic E-state index is 5.61. The van der Waals surface area contributed by atoms with Crippen molar-refractivity contribution in [1.82, 2.24) is 31.9 Å². The molecule has 16 atom stereocenters. The van der Waals surface area contributed by atoms with Crippen LogP contribution in [-0.2, 0) is 0 Å². The van der Waals surface area contributed by atoms with Crippen molar-refractivity contribution >= 4 is 27.3 Å². The van der Waals surface area contributed by atoms with E-state index >= 15 is 0 Å². The molecule has 5 saturated heterocycles. The Bertz CT molecular complexity index is 716. The molecule has 4 aliphatic carbocycles. The Morgan fingerprint density at radius 2 is 0.512 bits per heavy atom. The van der Waals surface area contributed by atoms with Crippen molar-refractivity contribution in [1.29, 1.82) is 0 Å². The summed E-state index contributed by atoms with van der Waals surface area (Å²) < 4.78 is 0. The van der Waals surface area contributed by atoms with Gasteiger partial charge in [0.2, 0.25) is 0 Å². The zero-order valence-electron chi connectivity index (χ0n) is 24.9. The second kappa shape index (κ2) is 12.1. The Kier molecular flexibility index (Phi) is 8.55. The molecule has 9 aliphatic rings. The molecule has 5 heterocycles. The molecule has 8 nitrogen and oxygen atoms in total. The molecule has 0 spiro atoms. The fraction of sp³-hybridized carbons (Fsp3) is 1.00. The van der Waals surface area contributed by atoms with Crippen LogP contribution in [0.2, 0.25) is 0 Å². The number of rotatable bonds is 0. The van der Waals surface area contributed by atoms with E-state index in [1.165, 1.54) is 103 Å². The van der Waals surface area contributed by atoms with E-state index in [2.05, 4.69) is 31.9 Å². The molecule has 9 fully saturated rings. The van der Waals surface area contributed by atoms with Gasteiger partial charge in [0, 0.05) is 0 Å². The number of nitrogens with one attached hydrogen (secondary N) is 6. The second-order valence-electron chi connectivity index (χ2n) is 15.4. The Hall–Kier alpha value is 0.602. The smallest absolute Gasteiger partial charge is 0.632 e. The molecule has 0 aromatic heterocycles. The van der Waals surface area contributed by atoms with Gasteiger partial charge in [-0.05, 0) is 73.0 Å². The first-order valence-electron chi connectivity index (χ1n) is 17.8. The van der Waals surface area contributed by atoms with Crippen LogP contribution in [0.3, 0.4) is 0 Å². The average molecular weight is 758 g/mol. The van der Waals surface area contributed by atoms with E-state index < -0.39 is 0 Å². The minimum absolute atomic E-state index is 0. The summed E-state index contributed by atoms with van der Waals surface area (Å²) in [6.07, 6.45) is 24.5. The van der Waals surface area contributed by atoms with Crippen molar-refractivity contribution in [3.8, 4) is 0 Å². The maximum absolute atomic E-state index is 5.61. The number of hydrogen-bond donors (Lipinski definition) is 6. The van der Waals surface area contributed by atoms with Gasteiger partial charge in [-0.1, -0.05) is 102 Å². The van der Waals surface area contributed by atoms with Gasteiger partial charge in [0.1, 0.15) is 0 Å². The molecule has 0 aromatic rings. The molecule has 2 radical (unpaired) electrons. The van der Waals surface area contributed by atoms with Crippen molar-refractivity contribution in [2.45, 2.75) is 152 Å². The topological polar surface area (TPSA) is 100 Å². The van der Waals surface area contributed by atoms with Gasteiger partial charge in [-0.15, -0.1) is 0 Å². The molecule has 226 valence electrons. The predicted octanol–water partition coefficient (Wildman–Crippen LogP) is 3.79. The SMILES string of the molecule is C1CCC2C3[N-]C(NC4NC(NC5[N-]C(NC6NC(N3)C3CCCCC63)C3CCCCC53)C3CCCCC43)C2C1.[Pb+2]. The summed E-state index contributed by atoms with van der Waals surface area (Å²) in [5, 5.41) is 36.3. The van der Waals surface area contributed by atoms with E-state index in [9.17, 15) is 0 Å². The third kappa shape index (κ3) is 5.13. The monoisotopic (exact) mass is 758 g/mol. The van der Waals surface area contributed by atoms with Crippen LogP contribution in [0.1, 0.15) is 103 Å². The first-order valence-corrected chi connectivity index (χ1v) is 17.8. The van der Waals surface area contributed by atoms with Crippen LogP contribution in [0.5, 0.6) is 0 Å². The van der Waals surface area contributed by atoms with Gasteiger partial charge in [-0.2, -0.15) is 0 Å². The molecular formula is C32H54N8Pb. The normalized spacial score (nSPS) is 56.2. The fourth-order valence-electron chi connectivity index (χ4n) is 11.7. The van der Waals surface area contributed by atoms with Gasteiger partial charge < -0.3 is 31.9 Å². The molecular weight excluding hydrogens is 704 g/mol. The Morgan fingerprint density at radius 3 is 0.756 bits per heavy atom. The Labute approximate surface area is 268 Å². The van der Waals surface area contributed by atoms with Crippen LogP contribution >= 0.6 is 0 Å². The van der Waals surface area contributed by atoms with E-state index in [0.717, 1.165) is 0 Å². The first-order chi connectivity index (χ1) is 19.8. The van der Waals surface area contributed by atoms with E-state index in [-0.39, 0.29) is 52.0 Å². The van der Waals surface area contributed by atoms with Crippen LogP contribution in [-0.4, -0.2) is 76.6 Å². The summed E-state index contributed by atoms with van der Waals surface area (Å²) in [5.74, 6) is 5.59. The van der Waals surface area contributed by atoms with Gasteiger partial charge in [-0.25, -0.2) is 0 Å². The van der Waals surface area contributed by atoms with Crippen molar-refractivity contribution in [2.24, 2.45) is 47.3 Å². The summed E-state index contributed by atoms with van der Waals surface area (Å²) in [6, 6.07) is 0. The quantitative estimate of drug-likeness (QED) is 0.211. The largest absolute Gasteiger partial charge is 2.00 e. The number of nitrogens with zero attached hydrogens (tertiary/aromatic N) is 2. The molecule has 9 rings (SSSR count). The first kappa shape index (κ1) is 29.0. The van der Waals surface area contributed by atoms with Crippen molar-refractivity contribution < 1.29 is 0 Å². The summed E-state index contributed by atoms with van der Waals surface area (Å²) in [5.41, 5.74) is 0. The van der Waals surface area contributed by atoms with Crippen LogP contribution in [0.25, 0.3) is 10.6 Å². The molecule has 9 heteroatoms. The summed E-state index contributed by atoms with van der Waals surface area (Å²) in [6.45, 7) is 0. The van der Waals surface area contributed by atoms with Gasteiger partial charge in [0.15, 0.2) is 0 Å². The number of hydrogen-bond acceptors (Lipinski definition) is 6. The third-order valence-corrected chi connectivity index (χ3v) is 13.6. The molecule has 6 N–H and O–H groups in total. The predicted molar refractivity (Wildman–Crippen MR) is 163 cm³/mol. The van der Waals surface area contributed by atoms with E-state index in [1.807, 2.05) is 0 Å². The molecule has 8 bridgehead atoms. The summed E-state index contributed by atoms with van der Waals surface area (Å²) in [4.78, 5) is 0. The molecule has 4 saturated carbocycles. The van der Waals surface area contributed by atoms with Crippen LogP contribution in [0.4, 0.5) is 0 Å². The summed E-state index contributed by atoms with van der Waals surface area (Å²) in [7, 11) is 0. The molecule has 5 aliphatic heterocycles. The van der Waals surface area contributed by atoms with Gasteiger partial charge in [0.25, 0.3) is 0 Å². The van der Waals surface area contributed by atoms with E-state index in [0.29, 0.717) is 72.0 Å². The molecule has 0 aromatic carbocycles. The van der Waals surface area contributed by atoms with Gasteiger partial charge in [-0.3, -0.25) is 10.6 Å². The number of fused-ring (bicyclic) bond motifs is 20. The van der Waals surface area contributed by atoms with Gasteiger partial charge >= 0.3 is 27.3 Å². The zero-order valence-corrected chi connectivity index (χ0v) is 28.8. The molecule has 41 heavy (non-hydrogen) atoms. The van der Waals surface area contributed by atoms with Crippen LogP contribution in [0.15, 0.2) is 0 Å². The fourth-order valence-corrected chi connectivity index (χ4v) is 11.7. The second-order valence-corrected chi connectivity index (χ2v) is 15.4. The average Bonchev–Trinajstić information content (AvgIpc) is 3.73. The van der Waals surface area contributed by atoms with Gasteiger partial charge in [0.05, 0.1) is 24.7 Å². The molecule has 16 unspecified atom stereocenters. The van der Waals surface area contributed by atoms with Crippen LogP contribution < -0.4 is 31.9 Å². The third-order valence-electron chi connectivity index (χ3n) is 13.6. The zero-order chi connectivity index (χ0) is 26.2. The van der Waals surface area contributed by atoms with E-state index in [1.54, 1.807) is 0 Å². The maximum Gasteiger partial charge on any atom is 2.00 e. The van der Waals surface area contributed by atoms with Crippen LogP contribution in [0, 0.1) is 47.3 Å². The Morgan fingerprint density at radius 1 is 0.293 bits per heavy atom. The van der Waals surface area contributed by atoms with Crippen molar-refractivity contribution in [2.75, 3.05) is 0 Å². The minimum atomic E-state index is 0. The Balaban J connectivity index is 0.00000256. The standard InChI is InChI=1S/C32H54N8.Pb/c1-2-10-18-17(9-1)25-33-26(18)38-28-21-13-5-6-14-22(21)30(35-28)40-32-24-16-8-7-15-23(24)31(36-32)39-29-20-12-4-3-11-19(20)27(34-29)37-25;/h17-33,36-40H,1-16H2;/q-2;+2. The molecule has 0 amide bonds. The van der Waals surface area contributed by atoms with E-state index in [4.69, 9.17) is 10.6 Å². The minimum Gasteiger partial charge on any atom is -0.632 e.